The molecule has 1 aromatic carbocycles. The molecule has 1 fully saturated rings. The molecule has 154 valence electrons. The Labute approximate surface area is 185 Å². The van der Waals surface area contributed by atoms with Gasteiger partial charge in [-0.05, 0) is 47.7 Å². The zero-order chi connectivity index (χ0) is 21.3. The van der Waals surface area contributed by atoms with E-state index in [0.29, 0.717) is 17.1 Å². The van der Waals surface area contributed by atoms with Crippen LogP contribution in [0, 0.1) is 0 Å². The second kappa shape index (κ2) is 8.55. The van der Waals surface area contributed by atoms with E-state index < -0.39 is 17.1 Å². The minimum absolute atomic E-state index is 0.0214. The molecule has 1 N–H and O–H groups in total. The number of hydrogen-bond acceptors (Lipinski definition) is 7. The quantitative estimate of drug-likeness (QED) is 0.532. The Bertz CT molecular complexity index is 1090. The minimum Gasteiger partial charge on any atom is -0.454 e. The lowest BCUT2D eigenvalue weighted by molar-refractivity contribution is -0.122. The average molecular weight is 466 g/mol. The summed E-state index contributed by atoms with van der Waals surface area (Å²) in [7, 11) is 0. The summed E-state index contributed by atoms with van der Waals surface area (Å²) in [5, 5.41) is 2.34. The predicted molar refractivity (Wildman–Crippen MR) is 112 cm³/mol. The molecule has 4 rings (SSSR count). The molecule has 0 spiro atoms. The van der Waals surface area contributed by atoms with Gasteiger partial charge in [0.05, 0.1) is 10.5 Å². The summed E-state index contributed by atoms with van der Waals surface area (Å²) in [4.78, 5) is 42.2. The summed E-state index contributed by atoms with van der Waals surface area (Å²) in [5.41, 5.74) is 0.862. The standard InChI is InChI=1S/C19H13Cl2N3O5S/c20-15-4-2-11(16(21)23-15)17(25)22-5-6-24-18(26)14(30-19(24)27)8-10-1-3-12-13(7-10)29-9-28-12/h1-4,7-8H,5-6,9H2,(H,22,25)/b14-8+. The first-order valence-electron chi connectivity index (χ1n) is 8.67. The number of imide groups is 1. The average Bonchev–Trinajstić information content (AvgIpc) is 3.27. The first-order chi connectivity index (χ1) is 14.4. The number of nitrogens with one attached hydrogen (secondary N) is 1. The predicted octanol–water partition coefficient (Wildman–Crippen LogP) is 3.58. The highest BCUT2D eigenvalue weighted by molar-refractivity contribution is 8.18. The Morgan fingerprint density at radius 2 is 2.00 bits per heavy atom. The highest BCUT2D eigenvalue weighted by Crippen LogP contribution is 2.36. The molecule has 1 aromatic heterocycles. The van der Waals surface area contributed by atoms with Crippen LogP contribution in [0.1, 0.15) is 15.9 Å². The maximum absolute atomic E-state index is 12.6. The highest BCUT2D eigenvalue weighted by atomic mass is 35.5. The van der Waals surface area contributed by atoms with E-state index in [2.05, 4.69) is 10.3 Å². The number of rotatable bonds is 5. The molecule has 30 heavy (non-hydrogen) atoms. The summed E-state index contributed by atoms with van der Waals surface area (Å²) < 4.78 is 10.6. The van der Waals surface area contributed by atoms with Crippen LogP contribution in [0.2, 0.25) is 10.3 Å². The van der Waals surface area contributed by atoms with Crippen LogP contribution in [0.5, 0.6) is 11.5 Å². The van der Waals surface area contributed by atoms with Crippen molar-refractivity contribution < 1.29 is 23.9 Å². The summed E-state index contributed by atoms with van der Waals surface area (Å²) in [6.07, 6.45) is 1.62. The summed E-state index contributed by atoms with van der Waals surface area (Å²) in [6, 6.07) is 8.14. The normalized spacial score (nSPS) is 16.5. The summed E-state index contributed by atoms with van der Waals surface area (Å²) in [5.74, 6) is 0.308. The number of pyridine rings is 1. The van der Waals surface area contributed by atoms with E-state index in [1.165, 1.54) is 12.1 Å². The van der Waals surface area contributed by atoms with Gasteiger partial charge in [-0.1, -0.05) is 29.3 Å². The monoisotopic (exact) mass is 465 g/mol. The fraction of sp³-hybridized carbons (Fsp3) is 0.158. The first-order valence-corrected chi connectivity index (χ1v) is 10.2. The third kappa shape index (κ3) is 4.23. The molecule has 0 radical (unpaired) electrons. The molecule has 0 aliphatic carbocycles. The van der Waals surface area contributed by atoms with Gasteiger partial charge in [0, 0.05) is 13.1 Å². The highest BCUT2D eigenvalue weighted by Gasteiger charge is 2.34. The minimum atomic E-state index is -0.480. The number of carbonyl (C=O) groups excluding carboxylic acids is 3. The van der Waals surface area contributed by atoms with Crippen LogP contribution >= 0.6 is 35.0 Å². The second-order valence-electron chi connectivity index (χ2n) is 6.17. The topological polar surface area (TPSA) is 97.8 Å². The van der Waals surface area contributed by atoms with Crippen LogP contribution in [0.4, 0.5) is 4.79 Å². The fourth-order valence-electron chi connectivity index (χ4n) is 2.81. The van der Waals surface area contributed by atoms with Gasteiger partial charge in [0.25, 0.3) is 17.1 Å². The van der Waals surface area contributed by atoms with E-state index >= 15 is 0 Å². The van der Waals surface area contributed by atoms with Crippen molar-refractivity contribution in [3.05, 3.63) is 56.7 Å². The zero-order valence-corrected chi connectivity index (χ0v) is 17.5. The molecular formula is C19H13Cl2N3O5S. The molecule has 11 heteroatoms. The smallest absolute Gasteiger partial charge is 0.293 e. The molecule has 3 amide bonds. The fourth-order valence-corrected chi connectivity index (χ4v) is 4.10. The van der Waals surface area contributed by atoms with Crippen LogP contribution in [0.25, 0.3) is 6.08 Å². The van der Waals surface area contributed by atoms with Crippen LogP contribution < -0.4 is 14.8 Å². The third-order valence-electron chi connectivity index (χ3n) is 4.25. The Balaban J connectivity index is 1.38. The van der Waals surface area contributed by atoms with E-state index in [1.807, 2.05) is 0 Å². The van der Waals surface area contributed by atoms with Crippen LogP contribution in [0.15, 0.2) is 35.2 Å². The molecular weight excluding hydrogens is 453 g/mol. The molecule has 2 aromatic rings. The molecule has 1 saturated heterocycles. The van der Waals surface area contributed by atoms with Crippen LogP contribution in [-0.4, -0.2) is 46.8 Å². The van der Waals surface area contributed by atoms with Crippen LogP contribution in [-0.2, 0) is 4.79 Å². The van der Waals surface area contributed by atoms with Crippen molar-refractivity contribution in [3.8, 4) is 11.5 Å². The van der Waals surface area contributed by atoms with Gasteiger partial charge in [-0.15, -0.1) is 0 Å². The van der Waals surface area contributed by atoms with Crippen molar-refractivity contribution >= 4 is 58.1 Å². The Morgan fingerprint density at radius 3 is 2.80 bits per heavy atom. The number of nitrogens with zero attached hydrogens (tertiary/aromatic N) is 2. The SMILES string of the molecule is O=C(NCCN1C(=O)S/C(=C/c2ccc3c(c2)OCO3)C1=O)c1ccc(Cl)nc1Cl. The van der Waals surface area contributed by atoms with Gasteiger partial charge in [0.1, 0.15) is 10.3 Å². The van der Waals surface area contributed by atoms with E-state index in [4.69, 9.17) is 32.7 Å². The number of ether oxygens (including phenoxy) is 2. The third-order valence-corrected chi connectivity index (χ3v) is 5.65. The lowest BCUT2D eigenvalue weighted by Crippen LogP contribution is -2.37. The van der Waals surface area contributed by atoms with Gasteiger partial charge in [-0.25, -0.2) is 4.98 Å². The number of thioether (sulfide) groups is 1. The van der Waals surface area contributed by atoms with Crippen molar-refractivity contribution in [2.24, 2.45) is 0 Å². The maximum Gasteiger partial charge on any atom is 0.293 e. The van der Waals surface area contributed by atoms with E-state index in [-0.39, 0.29) is 40.7 Å². The van der Waals surface area contributed by atoms with Crippen molar-refractivity contribution in [2.45, 2.75) is 0 Å². The van der Waals surface area contributed by atoms with Gasteiger partial charge in [-0.2, -0.15) is 0 Å². The van der Waals surface area contributed by atoms with E-state index in [0.717, 1.165) is 16.7 Å². The molecule has 0 bridgehead atoms. The Hall–Kier alpha value is -2.75. The summed E-state index contributed by atoms with van der Waals surface area (Å²) in [6.45, 7) is 0.235. The van der Waals surface area contributed by atoms with Gasteiger partial charge >= 0.3 is 0 Å². The maximum atomic E-state index is 12.6. The van der Waals surface area contributed by atoms with Crippen molar-refractivity contribution in [1.82, 2.24) is 15.2 Å². The molecule has 3 heterocycles. The number of aromatic nitrogens is 1. The molecule has 2 aliphatic rings. The lowest BCUT2D eigenvalue weighted by atomic mass is 10.2. The number of hydrogen-bond donors (Lipinski definition) is 1. The molecule has 0 atom stereocenters. The number of carbonyl (C=O) groups is 3. The zero-order valence-electron chi connectivity index (χ0n) is 15.2. The van der Waals surface area contributed by atoms with Crippen molar-refractivity contribution in [3.63, 3.8) is 0 Å². The number of halogens is 2. The first kappa shape index (κ1) is 20.5. The van der Waals surface area contributed by atoms with Crippen molar-refractivity contribution in [1.29, 1.82) is 0 Å². The number of benzene rings is 1. The van der Waals surface area contributed by atoms with Crippen LogP contribution in [0.3, 0.4) is 0 Å². The summed E-state index contributed by atoms with van der Waals surface area (Å²) >= 11 is 12.5. The molecule has 2 aliphatic heterocycles. The van der Waals surface area contributed by atoms with Gasteiger partial charge in [0.15, 0.2) is 11.5 Å². The number of fused-ring (bicyclic) bond motifs is 1. The molecule has 8 nitrogen and oxygen atoms in total. The largest absolute Gasteiger partial charge is 0.454 e. The lowest BCUT2D eigenvalue weighted by Gasteiger charge is -2.13. The van der Waals surface area contributed by atoms with Gasteiger partial charge < -0.3 is 14.8 Å². The van der Waals surface area contributed by atoms with E-state index in [1.54, 1.807) is 24.3 Å². The van der Waals surface area contributed by atoms with Gasteiger partial charge in [0.2, 0.25) is 6.79 Å². The van der Waals surface area contributed by atoms with Gasteiger partial charge in [-0.3, -0.25) is 19.3 Å². The molecule has 0 unspecified atom stereocenters. The second-order valence-corrected chi connectivity index (χ2v) is 7.91. The van der Waals surface area contributed by atoms with E-state index in [9.17, 15) is 14.4 Å². The number of amides is 3. The van der Waals surface area contributed by atoms with Crippen molar-refractivity contribution in [2.75, 3.05) is 19.9 Å². The molecule has 0 saturated carbocycles. The Morgan fingerprint density at radius 1 is 1.20 bits per heavy atom. The Kier molecular flexibility index (Phi) is 5.85.